The molecule has 0 saturated carbocycles. The van der Waals surface area contributed by atoms with Crippen LogP contribution in [0.3, 0.4) is 0 Å². The van der Waals surface area contributed by atoms with Gasteiger partial charge in [0.2, 0.25) is 0 Å². The van der Waals surface area contributed by atoms with E-state index in [0.717, 1.165) is 39.2 Å². The maximum atomic E-state index is 5.39. The zero-order valence-electron chi connectivity index (χ0n) is 14.8. The molecule has 1 N–H and O–H groups in total. The number of ether oxygens (including phenoxy) is 1. The van der Waals surface area contributed by atoms with Gasteiger partial charge in [0, 0.05) is 22.8 Å². The zero-order valence-corrected chi connectivity index (χ0v) is 14.8. The van der Waals surface area contributed by atoms with E-state index < -0.39 is 0 Å². The number of fused-ring (bicyclic) bond motifs is 1. The van der Waals surface area contributed by atoms with E-state index in [-0.39, 0.29) is 5.54 Å². The molecule has 0 unspecified atom stereocenters. The first-order valence-corrected chi connectivity index (χ1v) is 8.06. The summed E-state index contributed by atoms with van der Waals surface area (Å²) in [4.78, 5) is 9.36. The predicted octanol–water partition coefficient (Wildman–Crippen LogP) is 4.07. The SMILES string of the molecule is CNC(C)(C)c1nc(-c2ccc(C)nc2)cc2cc(OC)ccc12. The molecule has 0 fully saturated rings. The standard InChI is InChI=1S/C20H23N3O/c1-13-6-7-14(12-22-13)18-11-15-10-16(24-5)8-9-17(15)19(23-18)20(2,3)21-4/h6-12,21H,1-5H3. The Balaban J connectivity index is 2.29. The van der Waals surface area contributed by atoms with Gasteiger partial charge in [-0.1, -0.05) is 0 Å². The lowest BCUT2D eigenvalue weighted by Crippen LogP contribution is -2.34. The lowest BCUT2D eigenvalue weighted by atomic mass is 9.93. The number of nitrogens with zero attached hydrogens (tertiary/aromatic N) is 2. The molecule has 4 heteroatoms. The van der Waals surface area contributed by atoms with Crippen LogP contribution in [0.2, 0.25) is 0 Å². The molecule has 0 radical (unpaired) electrons. The molecule has 0 spiro atoms. The van der Waals surface area contributed by atoms with Crippen LogP contribution >= 0.6 is 0 Å². The van der Waals surface area contributed by atoms with Gasteiger partial charge < -0.3 is 10.1 Å². The minimum Gasteiger partial charge on any atom is -0.497 e. The Morgan fingerprint density at radius 1 is 1.08 bits per heavy atom. The van der Waals surface area contributed by atoms with Gasteiger partial charge in [-0.25, -0.2) is 0 Å². The van der Waals surface area contributed by atoms with Crippen molar-refractivity contribution in [3.05, 3.63) is 54.0 Å². The van der Waals surface area contributed by atoms with E-state index in [0.29, 0.717) is 0 Å². The number of pyridine rings is 2. The van der Waals surface area contributed by atoms with E-state index >= 15 is 0 Å². The zero-order chi connectivity index (χ0) is 17.3. The minimum atomic E-state index is -0.249. The summed E-state index contributed by atoms with van der Waals surface area (Å²) in [6.45, 7) is 6.25. The van der Waals surface area contributed by atoms with E-state index in [1.54, 1.807) is 7.11 Å². The third kappa shape index (κ3) is 2.97. The molecule has 3 aromatic rings. The molecular weight excluding hydrogens is 298 g/mol. The molecule has 0 aliphatic heterocycles. The Morgan fingerprint density at radius 2 is 1.88 bits per heavy atom. The van der Waals surface area contributed by atoms with E-state index in [4.69, 9.17) is 9.72 Å². The molecule has 0 amide bonds. The molecule has 0 aliphatic rings. The Kier molecular flexibility index (Phi) is 4.24. The highest BCUT2D eigenvalue weighted by molar-refractivity contribution is 5.89. The lowest BCUT2D eigenvalue weighted by molar-refractivity contribution is 0.415. The summed E-state index contributed by atoms with van der Waals surface area (Å²) in [6.07, 6.45) is 1.87. The fourth-order valence-corrected chi connectivity index (χ4v) is 2.73. The van der Waals surface area contributed by atoms with Crippen LogP contribution in [0.5, 0.6) is 5.75 Å². The van der Waals surface area contributed by atoms with E-state index in [9.17, 15) is 0 Å². The quantitative estimate of drug-likeness (QED) is 0.787. The molecule has 3 rings (SSSR count). The van der Waals surface area contributed by atoms with Crippen LogP contribution in [0.25, 0.3) is 22.0 Å². The summed E-state index contributed by atoms with van der Waals surface area (Å²) < 4.78 is 5.39. The normalized spacial score (nSPS) is 11.7. The Hall–Kier alpha value is -2.46. The number of rotatable bonds is 4. The van der Waals surface area contributed by atoms with Gasteiger partial charge in [-0.15, -0.1) is 0 Å². The second kappa shape index (κ2) is 6.21. The Morgan fingerprint density at radius 3 is 2.50 bits per heavy atom. The summed E-state index contributed by atoms with van der Waals surface area (Å²) in [5.74, 6) is 0.842. The maximum Gasteiger partial charge on any atom is 0.119 e. The summed E-state index contributed by atoms with van der Waals surface area (Å²) >= 11 is 0. The third-order valence-electron chi connectivity index (χ3n) is 4.46. The van der Waals surface area contributed by atoms with Crippen molar-refractivity contribution in [1.29, 1.82) is 0 Å². The van der Waals surface area contributed by atoms with Gasteiger partial charge in [0.15, 0.2) is 0 Å². The van der Waals surface area contributed by atoms with Gasteiger partial charge in [0.05, 0.1) is 24.0 Å². The fourth-order valence-electron chi connectivity index (χ4n) is 2.73. The first-order chi connectivity index (χ1) is 11.4. The average molecular weight is 321 g/mol. The number of aryl methyl sites for hydroxylation is 1. The molecule has 0 bridgehead atoms. The van der Waals surface area contributed by atoms with Gasteiger partial charge in [0.25, 0.3) is 0 Å². The van der Waals surface area contributed by atoms with Crippen molar-refractivity contribution in [3.63, 3.8) is 0 Å². The van der Waals surface area contributed by atoms with Crippen LogP contribution in [0.15, 0.2) is 42.6 Å². The molecule has 24 heavy (non-hydrogen) atoms. The number of methoxy groups -OCH3 is 1. The molecule has 0 atom stereocenters. The molecule has 2 heterocycles. The second-order valence-electron chi connectivity index (χ2n) is 6.51. The van der Waals surface area contributed by atoms with E-state index in [1.807, 2.05) is 32.3 Å². The summed E-state index contributed by atoms with van der Waals surface area (Å²) in [7, 11) is 3.64. The van der Waals surface area contributed by atoms with Gasteiger partial charge in [0.1, 0.15) is 5.75 Å². The number of hydrogen-bond donors (Lipinski definition) is 1. The van der Waals surface area contributed by atoms with Crippen LogP contribution in [0, 0.1) is 6.92 Å². The molecule has 2 aromatic heterocycles. The largest absolute Gasteiger partial charge is 0.497 e. The van der Waals surface area contributed by atoms with Gasteiger partial charge in [-0.05, 0) is 69.6 Å². The van der Waals surface area contributed by atoms with Gasteiger partial charge in [-0.3, -0.25) is 9.97 Å². The predicted molar refractivity (Wildman–Crippen MR) is 98.3 cm³/mol. The first-order valence-electron chi connectivity index (χ1n) is 8.06. The summed E-state index contributed by atoms with van der Waals surface area (Å²) in [5, 5.41) is 5.59. The highest BCUT2D eigenvalue weighted by atomic mass is 16.5. The molecule has 124 valence electrons. The topological polar surface area (TPSA) is 47.0 Å². The number of hydrogen-bond acceptors (Lipinski definition) is 4. The van der Waals surface area contributed by atoms with Crippen LogP contribution in [0.4, 0.5) is 0 Å². The first kappa shape index (κ1) is 16.4. The van der Waals surface area contributed by atoms with Crippen molar-refractivity contribution in [2.45, 2.75) is 26.3 Å². The highest BCUT2D eigenvalue weighted by Gasteiger charge is 2.23. The average Bonchev–Trinajstić information content (AvgIpc) is 2.60. The third-order valence-corrected chi connectivity index (χ3v) is 4.46. The van der Waals surface area contributed by atoms with E-state index in [1.165, 1.54) is 0 Å². The van der Waals surface area contributed by atoms with Crippen LogP contribution in [-0.4, -0.2) is 24.1 Å². The van der Waals surface area contributed by atoms with Crippen molar-refractivity contribution < 1.29 is 4.74 Å². The lowest BCUT2D eigenvalue weighted by Gasteiger charge is -2.26. The molecular formula is C20H23N3O. The van der Waals surface area contributed by atoms with Gasteiger partial charge >= 0.3 is 0 Å². The maximum absolute atomic E-state index is 5.39. The second-order valence-corrected chi connectivity index (χ2v) is 6.51. The number of benzene rings is 1. The molecule has 0 aliphatic carbocycles. The van der Waals surface area contributed by atoms with Gasteiger partial charge in [-0.2, -0.15) is 0 Å². The van der Waals surface area contributed by atoms with Crippen molar-refractivity contribution in [3.8, 4) is 17.0 Å². The van der Waals surface area contributed by atoms with E-state index in [2.05, 4.69) is 48.4 Å². The Labute approximate surface area is 142 Å². The smallest absolute Gasteiger partial charge is 0.119 e. The number of aromatic nitrogens is 2. The minimum absolute atomic E-state index is 0.249. The highest BCUT2D eigenvalue weighted by Crippen LogP contribution is 2.32. The molecule has 0 saturated heterocycles. The monoisotopic (exact) mass is 321 g/mol. The van der Waals surface area contributed by atoms with Crippen molar-refractivity contribution >= 4 is 10.8 Å². The molecule has 4 nitrogen and oxygen atoms in total. The Bertz CT molecular complexity index is 870. The summed E-state index contributed by atoms with van der Waals surface area (Å²) in [5.41, 5.74) is 3.69. The van der Waals surface area contributed by atoms with Crippen molar-refractivity contribution in [2.75, 3.05) is 14.2 Å². The van der Waals surface area contributed by atoms with Crippen LogP contribution in [-0.2, 0) is 5.54 Å². The van der Waals surface area contributed by atoms with Crippen LogP contribution in [0.1, 0.15) is 25.2 Å². The van der Waals surface area contributed by atoms with Crippen molar-refractivity contribution in [2.24, 2.45) is 0 Å². The van der Waals surface area contributed by atoms with Crippen molar-refractivity contribution in [1.82, 2.24) is 15.3 Å². The van der Waals surface area contributed by atoms with Crippen LogP contribution < -0.4 is 10.1 Å². The molecule has 1 aromatic carbocycles. The number of nitrogens with one attached hydrogen (secondary N) is 1. The summed E-state index contributed by atoms with van der Waals surface area (Å²) in [6, 6.07) is 12.3. The fraction of sp³-hybridized carbons (Fsp3) is 0.300.